The molecule has 1 heterocycles. The van der Waals surface area contributed by atoms with Gasteiger partial charge in [-0.1, -0.05) is 51.1 Å². The zero-order valence-electron chi connectivity index (χ0n) is 17.2. The summed E-state index contributed by atoms with van der Waals surface area (Å²) in [6.07, 6.45) is 4.40. The number of carbonyl (C=O) groups excluding carboxylic acids is 1. The Bertz CT molecular complexity index is 1010. The molecule has 29 heavy (non-hydrogen) atoms. The third kappa shape index (κ3) is 3.34. The Morgan fingerprint density at radius 3 is 2.59 bits per heavy atom. The molecule has 156 valence electrons. The molecule has 2 aliphatic rings. The molecule has 4 rings (SSSR count). The molecule has 2 aliphatic carbocycles. The highest BCUT2D eigenvalue weighted by Gasteiger charge is 2.65. The van der Waals surface area contributed by atoms with Crippen molar-refractivity contribution in [3.05, 3.63) is 42.4 Å². The summed E-state index contributed by atoms with van der Waals surface area (Å²) < 4.78 is 29.0. The van der Waals surface area contributed by atoms with Crippen LogP contribution in [0.25, 0.3) is 11.3 Å². The van der Waals surface area contributed by atoms with Gasteiger partial charge >= 0.3 is 0 Å². The van der Waals surface area contributed by atoms with E-state index in [1.807, 2.05) is 37.3 Å². The molecule has 1 aromatic heterocycles. The number of benzene rings is 1. The van der Waals surface area contributed by atoms with Gasteiger partial charge in [0.2, 0.25) is 10.0 Å². The standard InChI is InChI=1S/C22H29N3O3S/c1-4-17(20-23-13-18(24-20)15-8-6-5-7-9-15)25-29(27,28)14-22-11-10-16(12-19(22)26)21(22,2)3/h5-9,13,16-17,25H,4,10-12,14H2,1-3H3,(H,23,24). The molecule has 7 heteroatoms. The molecule has 3 atom stereocenters. The van der Waals surface area contributed by atoms with Gasteiger partial charge in [-0.2, -0.15) is 0 Å². The number of nitrogens with zero attached hydrogens (tertiary/aromatic N) is 1. The largest absolute Gasteiger partial charge is 0.341 e. The van der Waals surface area contributed by atoms with Gasteiger partial charge in [0.05, 0.1) is 23.7 Å². The number of imidazole rings is 1. The maximum atomic E-state index is 13.1. The van der Waals surface area contributed by atoms with Crippen molar-refractivity contribution in [1.82, 2.24) is 14.7 Å². The summed E-state index contributed by atoms with van der Waals surface area (Å²) >= 11 is 0. The van der Waals surface area contributed by atoms with Gasteiger partial charge in [-0.3, -0.25) is 4.79 Å². The number of aromatic amines is 1. The van der Waals surface area contributed by atoms with Gasteiger partial charge < -0.3 is 4.98 Å². The van der Waals surface area contributed by atoms with E-state index in [0.717, 1.165) is 17.7 Å². The number of aromatic nitrogens is 2. The van der Waals surface area contributed by atoms with E-state index < -0.39 is 21.5 Å². The van der Waals surface area contributed by atoms with Gasteiger partial charge in [0.15, 0.2) is 0 Å². The number of Topliss-reactive ketones (excluding diaryl/α,β-unsaturated/α-hetero) is 1. The summed E-state index contributed by atoms with van der Waals surface area (Å²) in [5.41, 5.74) is 0.812. The van der Waals surface area contributed by atoms with Crippen LogP contribution in [-0.2, 0) is 14.8 Å². The topological polar surface area (TPSA) is 91.9 Å². The van der Waals surface area contributed by atoms with E-state index in [1.165, 1.54) is 0 Å². The molecule has 3 unspecified atom stereocenters. The molecule has 2 fully saturated rings. The maximum Gasteiger partial charge on any atom is 0.213 e. The van der Waals surface area contributed by atoms with Crippen molar-refractivity contribution >= 4 is 15.8 Å². The number of ketones is 1. The number of sulfonamides is 1. The quantitative estimate of drug-likeness (QED) is 0.719. The normalized spacial score (nSPS) is 26.7. The second-order valence-corrected chi connectivity index (χ2v) is 10.8. The monoisotopic (exact) mass is 415 g/mol. The van der Waals surface area contributed by atoms with Gasteiger partial charge in [-0.15, -0.1) is 0 Å². The summed E-state index contributed by atoms with van der Waals surface area (Å²) in [5.74, 6) is 0.867. The highest BCUT2D eigenvalue weighted by molar-refractivity contribution is 7.89. The molecule has 2 aromatic rings. The minimum absolute atomic E-state index is 0.113. The molecule has 6 nitrogen and oxygen atoms in total. The Balaban J connectivity index is 1.54. The zero-order chi connectivity index (χ0) is 20.9. The van der Waals surface area contributed by atoms with Gasteiger partial charge in [0.25, 0.3) is 0 Å². The molecule has 0 radical (unpaired) electrons. The van der Waals surface area contributed by atoms with Crippen LogP contribution in [0.15, 0.2) is 36.5 Å². The van der Waals surface area contributed by atoms with Crippen LogP contribution >= 0.6 is 0 Å². The van der Waals surface area contributed by atoms with Crippen molar-refractivity contribution in [3.63, 3.8) is 0 Å². The lowest BCUT2D eigenvalue weighted by Gasteiger charge is -2.36. The van der Waals surface area contributed by atoms with Crippen LogP contribution in [0.1, 0.15) is 58.3 Å². The number of rotatable bonds is 7. The number of hydrogen-bond donors (Lipinski definition) is 2. The number of H-pyrrole nitrogens is 1. The van der Waals surface area contributed by atoms with E-state index in [0.29, 0.717) is 31.0 Å². The van der Waals surface area contributed by atoms with E-state index in [4.69, 9.17) is 0 Å². The van der Waals surface area contributed by atoms with Gasteiger partial charge in [-0.25, -0.2) is 18.1 Å². The lowest BCUT2D eigenvalue weighted by atomic mass is 9.70. The van der Waals surface area contributed by atoms with E-state index >= 15 is 0 Å². The Hall–Kier alpha value is -1.99. The molecule has 1 aromatic carbocycles. The van der Waals surface area contributed by atoms with Crippen LogP contribution in [0.2, 0.25) is 0 Å². The number of hydrogen-bond acceptors (Lipinski definition) is 4. The van der Waals surface area contributed by atoms with Gasteiger partial charge in [0.1, 0.15) is 11.6 Å². The Labute approximate surface area is 172 Å². The number of carbonyl (C=O) groups is 1. The van der Waals surface area contributed by atoms with Crippen molar-refractivity contribution < 1.29 is 13.2 Å². The van der Waals surface area contributed by atoms with Crippen molar-refractivity contribution in [2.45, 2.75) is 52.5 Å². The molecule has 0 amide bonds. The Morgan fingerprint density at radius 1 is 1.28 bits per heavy atom. The predicted octanol–water partition coefficient (Wildman–Crippen LogP) is 3.84. The van der Waals surface area contributed by atoms with E-state index in [9.17, 15) is 13.2 Å². The third-order valence-corrected chi connectivity index (χ3v) is 8.83. The SMILES string of the molecule is CCC(NS(=O)(=O)CC12CCC(CC1=O)C2(C)C)c1ncc(-c2ccccc2)[nH]1. The first-order valence-electron chi connectivity index (χ1n) is 10.3. The second kappa shape index (κ2) is 7.06. The fraction of sp³-hybridized carbons (Fsp3) is 0.545. The second-order valence-electron chi connectivity index (χ2n) is 9.05. The van der Waals surface area contributed by atoms with Crippen LogP contribution < -0.4 is 4.72 Å². The minimum Gasteiger partial charge on any atom is -0.341 e. The highest BCUT2D eigenvalue weighted by atomic mass is 32.2. The third-order valence-electron chi connectivity index (χ3n) is 7.32. The fourth-order valence-corrected chi connectivity index (χ4v) is 7.42. The molecule has 0 saturated heterocycles. The maximum absolute atomic E-state index is 13.1. The lowest BCUT2D eigenvalue weighted by Crippen LogP contribution is -2.46. The van der Waals surface area contributed by atoms with Crippen molar-refractivity contribution in [1.29, 1.82) is 0 Å². The Kier molecular flexibility index (Phi) is 4.94. The van der Waals surface area contributed by atoms with Crippen LogP contribution in [0.3, 0.4) is 0 Å². The average molecular weight is 416 g/mol. The summed E-state index contributed by atoms with van der Waals surface area (Å²) in [5, 5.41) is 0. The van der Waals surface area contributed by atoms with Crippen molar-refractivity contribution in [3.8, 4) is 11.3 Å². The molecular weight excluding hydrogens is 386 g/mol. The summed E-state index contributed by atoms with van der Waals surface area (Å²) in [4.78, 5) is 20.4. The highest BCUT2D eigenvalue weighted by Crippen LogP contribution is 2.64. The van der Waals surface area contributed by atoms with E-state index in [2.05, 4.69) is 28.5 Å². The van der Waals surface area contributed by atoms with Crippen LogP contribution in [0.5, 0.6) is 0 Å². The predicted molar refractivity (Wildman–Crippen MR) is 113 cm³/mol. The van der Waals surface area contributed by atoms with Gasteiger partial charge in [-0.05, 0) is 36.2 Å². The fourth-order valence-electron chi connectivity index (χ4n) is 5.30. The van der Waals surface area contributed by atoms with E-state index in [1.54, 1.807) is 6.20 Å². The van der Waals surface area contributed by atoms with E-state index in [-0.39, 0.29) is 17.0 Å². The first kappa shape index (κ1) is 20.3. The van der Waals surface area contributed by atoms with Crippen LogP contribution in [0, 0.1) is 16.7 Å². The minimum atomic E-state index is -3.66. The molecular formula is C22H29N3O3S. The number of nitrogens with one attached hydrogen (secondary N) is 2. The van der Waals surface area contributed by atoms with Crippen molar-refractivity contribution in [2.24, 2.45) is 16.7 Å². The Morgan fingerprint density at radius 2 is 2.00 bits per heavy atom. The number of fused-ring (bicyclic) bond motifs is 2. The molecule has 0 spiro atoms. The molecule has 2 saturated carbocycles. The lowest BCUT2D eigenvalue weighted by molar-refractivity contribution is -0.128. The summed E-state index contributed by atoms with van der Waals surface area (Å²) in [6.45, 7) is 6.04. The average Bonchev–Trinajstić information content (AvgIpc) is 3.30. The van der Waals surface area contributed by atoms with Crippen LogP contribution in [0.4, 0.5) is 0 Å². The van der Waals surface area contributed by atoms with Gasteiger partial charge in [0, 0.05) is 11.8 Å². The summed E-state index contributed by atoms with van der Waals surface area (Å²) in [7, 11) is -3.66. The molecule has 2 bridgehead atoms. The first-order valence-corrected chi connectivity index (χ1v) is 12.0. The molecule has 2 N–H and O–H groups in total. The zero-order valence-corrected chi connectivity index (χ0v) is 18.1. The van der Waals surface area contributed by atoms with Crippen molar-refractivity contribution in [2.75, 3.05) is 5.75 Å². The smallest absolute Gasteiger partial charge is 0.213 e. The first-order chi connectivity index (χ1) is 13.7. The molecule has 0 aliphatic heterocycles. The summed E-state index contributed by atoms with van der Waals surface area (Å²) in [6, 6.07) is 9.35. The van der Waals surface area contributed by atoms with Crippen LogP contribution in [-0.4, -0.2) is 29.9 Å².